The van der Waals surface area contributed by atoms with Gasteiger partial charge in [0.2, 0.25) is 0 Å². The molecule has 18 nitrogen and oxygen atoms in total. The monoisotopic (exact) mass is 584 g/mol. The molecule has 19 heteroatoms. The summed E-state index contributed by atoms with van der Waals surface area (Å²) >= 11 is 0. The zero-order valence-corrected chi connectivity index (χ0v) is 21.4. The Morgan fingerprint density at radius 1 is 1.00 bits per heavy atom. The van der Waals surface area contributed by atoms with Crippen LogP contribution in [-0.2, 0) is 14.6 Å². The minimum atomic E-state index is -4.13. The maximum atomic E-state index is 13.2. The molecule has 1 atom stereocenters. The number of nitrogens with one attached hydrogen (secondary N) is 1. The van der Waals surface area contributed by atoms with Gasteiger partial charge in [0.1, 0.15) is 12.6 Å². The third kappa shape index (κ3) is 8.20. The fourth-order valence-corrected chi connectivity index (χ4v) is 4.58. The first-order valence-corrected chi connectivity index (χ1v) is 13.0. The standard InChI is InChI=1S/C21H24N6O12S/c22-10-2-1-7-18(20(28)19-16(26(33)34)8-4-9-17(19)27(35)36)24(30)23-21(29)39-11-12-40(37,38)15-6-3-5-14(13-15)25(31)32/h3-6,8-9,13,18,30H,1-2,7,10-12,22H2,(H,23,29)/t18-/m0/s1. The Hall–Kier alpha value is -4.59. The molecule has 2 aromatic carbocycles. The van der Waals surface area contributed by atoms with Gasteiger partial charge in [0.15, 0.2) is 21.2 Å². The molecular formula is C21H24N6O12S. The van der Waals surface area contributed by atoms with Crippen molar-refractivity contribution in [2.45, 2.75) is 30.2 Å². The number of benzene rings is 2. The van der Waals surface area contributed by atoms with Crippen LogP contribution >= 0.6 is 0 Å². The van der Waals surface area contributed by atoms with Gasteiger partial charge in [-0.25, -0.2) is 18.6 Å². The summed E-state index contributed by atoms with van der Waals surface area (Å²) in [6.45, 7) is -0.599. The smallest absolute Gasteiger partial charge is 0.423 e. The number of Topliss-reactive ketones (excluding diaryl/α,β-unsaturated/α-hetero) is 1. The summed E-state index contributed by atoms with van der Waals surface area (Å²) in [6.07, 6.45) is -1.20. The van der Waals surface area contributed by atoms with E-state index in [-0.39, 0.29) is 24.6 Å². The lowest BCUT2D eigenvalue weighted by atomic mass is 9.97. The van der Waals surface area contributed by atoms with Gasteiger partial charge >= 0.3 is 6.09 Å². The second-order valence-corrected chi connectivity index (χ2v) is 10.1. The number of carbonyl (C=O) groups excluding carboxylic acids is 2. The minimum absolute atomic E-state index is 0.0449. The number of nitrogens with zero attached hydrogens (tertiary/aromatic N) is 4. The summed E-state index contributed by atoms with van der Waals surface area (Å²) in [5.74, 6) is -2.05. The molecule has 0 spiro atoms. The number of nitrogens with two attached hydrogens (primary N) is 1. The van der Waals surface area contributed by atoms with Crippen LogP contribution in [0.25, 0.3) is 0 Å². The van der Waals surface area contributed by atoms with E-state index < -0.39 is 82.4 Å². The molecule has 0 unspecified atom stereocenters. The molecule has 0 saturated carbocycles. The molecule has 4 N–H and O–H groups in total. The molecule has 216 valence electrons. The van der Waals surface area contributed by atoms with Crippen LogP contribution in [0.4, 0.5) is 21.9 Å². The first-order valence-electron chi connectivity index (χ1n) is 11.3. The first kappa shape index (κ1) is 31.6. The number of nitro benzene ring substituents is 3. The normalized spacial score (nSPS) is 12.0. The topological polar surface area (TPSA) is 268 Å². The number of sulfone groups is 1. The molecule has 0 aliphatic carbocycles. The quantitative estimate of drug-likeness (QED) is 0.117. The lowest BCUT2D eigenvalue weighted by Gasteiger charge is -2.24. The Labute approximate surface area is 225 Å². The van der Waals surface area contributed by atoms with Gasteiger partial charge in [-0.1, -0.05) is 11.2 Å². The van der Waals surface area contributed by atoms with Crippen molar-refractivity contribution in [2.24, 2.45) is 5.73 Å². The number of ether oxygens (including phenoxy) is 1. The molecule has 2 rings (SSSR count). The van der Waals surface area contributed by atoms with E-state index in [4.69, 9.17) is 10.5 Å². The summed E-state index contributed by atoms with van der Waals surface area (Å²) < 4.78 is 29.6. The molecule has 0 bridgehead atoms. The van der Waals surface area contributed by atoms with Gasteiger partial charge in [0, 0.05) is 24.3 Å². The van der Waals surface area contributed by atoms with Crippen LogP contribution in [0.5, 0.6) is 0 Å². The third-order valence-corrected chi connectivity index (χ3v) is 7.04. The first-order chi connectivity index (χ1) is 18.8. The molecule has 40 heavy (non-hydrogen) atoms. The number of non-ortho nitro benzene ring substituents is 1. The van der Waals surface area contributed by atoms with Crippen molar-refractivity contribution in [1.82, 2.24) is 10.6 Å². The van der Waals surface area contributed by atoms with Crippen molar-refractivity contribution in [3.8, 4) is 0 Å². The van der Waals surface area contributed by atoms with E-state index in [0.717, 1.165) is 42.5 Å². The van der Waals surface area contributed by atoms with Crippen molar-refractivity contribution in [3.05, 3.63) is 78.4 Å². The third-order valence-electron chi connectivity index (χ3n) is 5.37. The van der Waals surface area contributed by atoms with E-state index in [1.807, 2.05) is 0 Å². The van der Waals surface area contributed by atoms with Crippen molar-refractivity contribution < 1.29 is 42.7 Å². The number of carbonyl (C=O) groups is 2. The largest absolute Gasteiger partial charge is 0.447 e. The fourth-order valence-electron chi connectivity index (χ4n) is 3.45. The van der Waals surface area contributed by atoms with E-state index >= 15 is 0 Å². The number of nitro groups is 3. The van der Waals surface area contributed by atoms with Gasteiger partial charge in [-0.15, -0.1) is 0 Å². The number of ketones is 1. The summed E-state index contributed by atoms with van der Waals surface area (Å²) in [5, 5.41) is 44.2. The summed E-state index contributed by atoms with van der Waals surface area (Å²) in [7, 11) is -4.13. The highest BCUT2D eigenvalue weighted by Gasteiger charge is 2.37. The summed E-state index contributed by atoms with van der Waals surface area (Å²) in [5.41, 5.74) is 4.01. The van der Waals surface area contributed by atoms with Crippen LogP contribution in [0.15, 0.2) is 47.4 Å². The molecule has 1 amide bonds. The zero-order valence-electron chi connectivity index (χ0n) is 20.6. The summed E-state index contributed by atoms with van der Waals surface area (Å²) in [6, 6.07) is 5.15. The number of hydrogen-bond donors (Lipinski definition) is 3. The van der Waals surface area contributed by atoms with Gasteiger partial charge in [0.25, 0.3) is 17.1 Å². The predicted octanol–water partition coefficient (Wildman–Crippen LogP) is 1.90. The van der Waals surface area contributed by atoms with Gasteiger partial charge in [-0.2, -0.15) is 0 Å². The highest BCUT2D eigenvalue weighted by atomic mass is 32.2. The molecule has 0 aromatic heterocycles. The van der Waals surface area contributed by atoms with Crippen LogP contribution in [0.3, 0.4) is 0 Å². The Morgan fingerprint density at radius 2 is 1.60 bits per heavy atom. The number of hydrogen-bond acceptors (Lipinski definition) is 14. The van der Waals surface area contributed by atoms with Gasteiger partial charge in [0.05, 0.1) is 25.4 Å². The highest BCUT2D eigenvalue weighted by molar-refractivity contribution is 7.91. The number of amides is 1. The Morgan fingerprint density at radius 3 is 2.15 bits per heavy atom. The van der Waals surface area contributed by atoms with Gasteiger partial charge < -0.3 is 10.5 Å². The number of rotatable bonds is 15. The molecule has 0 radical (unpaired) electrons. The molecule has 0 aliphatic rings. The molecule has 0 aliphatic heterocycles. The van der Waals surface area contributed by atoms with Gasteiger partial charge in [-0.3, -0.25) is 40.3 Å². The second kappa shape index (κ2) is 14.0. The number of hydrazine groups is 1. The van der Waals surface area contributed by atoms with E-state index in [2.05, 4.69) is 0 Å². The summed E-state index contributed by atoms with van der Waals surface area (Å²) in [4.78, 5) is 56.0. The lowest BCUT2D eigenvalue weighted by molar-refractivity contribution is -0.394. The average Bonchev–Trinajstić information content (AvgIpc) is 2.90. The van der Waals surface area contributed by atoms with Crippen LogP contribution in [0.1, 0.15) is 29.6 Å². The van der Waals surface area contributed by atoms with Crippen molar-refractivity contribution in [3.63, 3.8) is 0 Å². The fraction of sp³-hybridized carbons (Fsp3) is 0.333. The van der Waals surface area contributed by atoms with Crippen LogP contribution in [0, 0.1) is 30.3 Å². The average molecular weight is 585 g/mol. The van der Waals surface area contributed by atoms with Crippen LogP contribution in [0.2, 0.25) is 0 Å². The maximum Gasteiger partial charge on any atom is 0.423 e. The van der Waals surface area contributed by atoms with E-state index in [0.29, 0.717) is 6.42 Å². The van der Waals surface area contributed by atoms with Crippen LogP contribution in [-0.4, -0.2) is 70.4 Å². The Balaban J connectivity index is 2.18. The van der Waals surface area contributed by atoms with Crippen molar-refractivity contribution in [2.75, 3.05) is 18.9 Å². The Kier molecular flexibility index (Phi) is 11.1. The van der Waals surface area contributed by atoms with Crippen molar-refractivity contribution in [1.29, 1.82) is 0 Å². The lowest BCUT2D eigenvalue weighted by Crippen LogP contribution is -2.50. The molecular weight excluding hydrogens is 560 g/mol. The second-order valence-electron chi connectivity index (χ2n) is 8.02. The van der Waals surface area contributed by atoms with Crippen molar-refractivity contribution >= 4 is 38.8 Å². The number of unbranched alkanes of at least 4 members (excludes halogenated alkanes) is 1. The predicted molar refractivity (Wildman–Crippen MR) is 134 cm³/mol. The minimum Gasteiger partial charge on any atom is -0.447 e. The zero-order chi connectivity index (χ0) is 30.0. The SMILES string of the molecule is NCCCC[C@@H](C(=O)c1c([N+](=O)[O-])cccc1[N+](=O)[O-])N(O)NC(=O)OCCS(=O)(=O)c1cccc([N+](=O)[O-])c1. The molecule has 0 fully saturated rings. The molecule has 0 heterocycles. The van der Waals surface area contributed by atoms with Gasteiger partial charge in [-0.05, 0) is 37.9 Å². The molecule has 2 aromatic rings. The highest BCUT2D eigenvalue weighted by Crippen LogP contribution is 2.31. The van der Waals surface area contributed by atoms with Crippen LogP contribution < -0.4 is 11.2 Å². The van der Waals surface area contributed by atoms with E-state index in [1.54, 1.807) is 5.43 Å². The maximum absolute atomic E-state index is 13.2. The Bertz CT molecular complexity index is 1370. The number of hydroxylamine groups is 1. The molecule has 0 saturated heterocycles. The van der Waals surface area contributed by atoms with E-state index in [1.165, 1.54) is 0 Å². The van der Waals surface area contributed by atoms with E-state index in [9.17, 15) is 53.6 Å².